The highest BCUT2D eigenvalue weighted by Crippen LogP contribution is 2.26. The van der Waals surface area contributed by atoms with Crippen LogP contribution in [0.4, 0.5) is 4.79 Å². The van der Waals surface area contributed by atoms with Crippen LogP contribution in [-0.4, -0.2) is 66.0 Å². The number of likely N-dealkylation sites (N-methyl/N-ethyl adjacent to an activating group) is 1. The third-order valence-electron chi connectivity index (χ3n) is 5.95. The molecule has 2 aliphatic rings. The minimum absolute atomic E-state index is 0.121. The first kappa shape index (κ1) is 25.9. The molecule has 0 radical (unpaired) electrons. The van der Waals surface area contributed by atoms with Crippen molar-refractivity contribution in [2.24, 2.45) is 10.9 Å². The van der Waals surface area contributed by atoms with Crippen LogP contribution in [0.2, 0.25) is 0 Å². The molecule has 192 valence electrons. The summed E-state index contributed by atoms with van der Waals surface area (Å²) in [6.07, 6.45) is 6.21. The summed E-state index contributed by atoms with van der Waals surface area (Å²) < 4.78 is 33.0. The van der Waals surface area contributed by atoms with Crippen LogP contribution in [-0.2, 0) is 19.6 Å². The Balaban J connectivity index is 1.49. The maximum Gasteiger partial charge on any atom is 0.350 e. The second kappa shape index (κ2) is 10.9. The molecule has 0 aromatic heterocycles. The lowest BCUT2D eigenvalue weighted by Gasteiger charge is -2.31. The van der Waals surface area contributed by atoms with Gasteiger partial charge < -0.3 is 4.74 Å². The largest absolute Gasteiger partial charge is 0.457 e. The molecule has 0 bridgehead atoms. The van der Waals surface area contributed by atoms with Crippen molar-refractivity contribution >= 4 is 33.6 Å². The van der Waals surface area contributed by atoms with Crippen molar-refractivity contribution in [3.63, 3.8) is 0 Å². The fourth-order valence-electron chi connectivity index (χ4n) is 3.93. The molecule has 1 aliphatic heterocycles. The number of para-hydroxylation sites is 1. The van der Waals surface area contributed by atoms with E-state index in [1.807, 2.05) is 6.07 Å². The number of nitrogens with one attached hydrogen (secondary N) is 1. The maximum atomic E-state index is 13.3. The smallest absolute Gasteiger partial charge is 0.350 e. The molecule has 2 atom stereocenters. The Morgan fingerprint density at radius 2 is 1.78 bits per heavy atom. The zero-order valence-electron chi connectivity index (χ0n) is 19.7. The summed E-state index contributed by atoms with van der Waals surface area (Å²) >= 11 is 0. The third-order valence-corrected chi connectivity index (χ3v) is 7.83. The molecule has 12 heteroatoms. The number of allylic oxidation sites excluding steroid dienone is 3. The molecule has 37 heavy (non-hydrogen) atoms. The summed E-state index contributed by atoms with van der Waals surface area (Å²) in [4.78, 5) is 42.3. The zero-order chi connectivity index (χ0) is 26.6. The number of hydrogen-bond acceptors (Lipinski definition) is 7. The Hall–Kier alpha value is -4.13. The van der Waals surface area contributed by atoms with Gasteiger partial charge in [-0.25, -0.2) is 18.7 Å². The fourth-order valence-corrected chi connectivity index (χ4v) is 5.28. The van der Waals surface area contributed by atoms with E-state index in [9.17, 15) is 28.0 Å². The molecule has 4 amide bonds. The van der Waals surface area contributed by atoms with Crippen LogP contribution in [0.15, 0.2) is 88.8 Å². The number of benzene rings is 2. The van der Waals surface area contributed by atoms with E-state index >= 15 is 0 Å². The second-order valence-corrected chi connectivity index (χ2v) is 10.2. The lowest BCUT2D eigenvalue weighted by atomic mass is 9.95. The molecule has 2 N–H and O–H groups in total. The zero-order valence-corrected chi connectivity index (χ0v) is 20.5. The van der Waals surface area contributed by atoms with Gasteiger partial charge in [-0.15, -0.1) is 0 Å². The van der Waals surface area contributed by atoms with E-state index in [1.54, 1.807) is 48.6 Å². The Morgan fingerprint density at radius 3 is 2.46 bits per heavy atom. The van der Waals surface area contributed by atoms with E-state index in [-0.39, 0.29) is 17.9 Å². The topological polar surface area (TPSA) is 146 Å². The number of imide groups is 1. The molecule has 2 aromatic carbocycles. The minimum atomic E-state index is -4.21. The summed E-state index contributed by atoms with van der Waals surface area (Å²) in [6.45, 7) is -0.287. The Bertz CT molecular complexity index is 1390. The van der Waals surface area contributed by atoms with Gasteiger partial charge in [0.05, 0.1) is 16.5 Å². The Morgan fingerprint density at radius 1 is 1.11 bits per heavy atom. The summed E-state index contributed by atoms with van der Waals surface area (Å²) in [7, 11) is -3.04. The SMILES string of the molecule is CN(C(CCN1C(=O)N=C2C=CC=CC2C1=O)C(=O)NO)S(=O)(=O)c1ccc(Oc2ccccc2)cc1. The van der Waals surface area contributed by atoms with Gasteiger partial charge in [0.15, 0.2) is 0 Å². The molecule has 1 heterocycles. The van der Waals surface area contributed by atoms with E-state index < -0.39 is 39.8 Å². The lowest BCUT2D eigenvalue weighted by Crippen LogP contribution is -2.51. The lowest BCUT2D eigenvalue weighted by molar-refractivity contribution is -0.134. The predicted molar refractivity (Wildman–Crippen MR) is 133 cm³/mol. The van der Waals surface area contributed by atoms with Gasteiger partial charge in [0, 0.05) is 13.6 Å². The monoisotopic (exact) mass is 524 g/mol. The van der Waals surface area contributed by atoms with E-state index in [4.69, 9.17) is 4.74 Å². The molecule has 0 spiro atoms. The number of fused-ring (bicyclic) bond motifs is 1. The number of hydrogen-bond donors (Lipinski definition) is 2. The highest BCUT2D eigenvalue weighted by Gasteiger charge is 2.38. The van der Waals surface area contributed by atoms with Crippen LogP contribution in [0.25, 0.3) is 0 Å². The van der Waals surface area contributed by atoms with E-state index in [0.29, 0.717) is 17.2 Å². The van der Waals surface area contributed by atoms with Gasteiger partial charge in [0.25, 0.3) is 5.91 Å². The molecule has 1 aliphatic carbocycles. The van der Waals surface area contributed by atoms with Gasteiger partial charge in [-0.1, -0.05) is 36.4 Å². The highest BCUT2D eigenvalue weighted by atomic mass is 32.2. The van der Waals surface area contributed by atoms with Crippen molar-refractivity contribution in [1.29, 1.82) is 0 Å². The molecule has 0 fully saturated rings. The van der Waals surface area contributed by atoms with Crippen molar-refractivity contribution in [2.45, 2.75) is 17.4 Å². The van der Waals surface area contributed by atoms with Gasteiger partial charge in [-0.05, 0) is 48.9 Å². The Kier molecular flexibility index (Phi) is 7.62. The van der Waals surface area contributed by atoms with Gasteiger partial charge >= 0.3 is 6.03 Å². The fraction of sp³-hybridized carbons (Fsp3) is 0.200. The summed E-state index contributed by atoms with van der Waals surface area (Å²) in [5, 5.41) is 9.24. The number of urea groups is 1. The molecular formula is C25H24N4O7S. The van der Waals surface area contributed by atoms with Crippen molar-refractivity contribution in [2.75, 3.05) is 13.6 Å². The van der Waals surface area contributed by atoms with Gasteiger partial charge in [0.2, 0.25) is 15.9 Å². The number of amides is 4. The average Bonchev–Trinajstić information content (AvgIpc) is 2.91. The third kappa shape index (κ3) is 5.50. The highest BCUT2D eigenvalue weighted by molar-refractivity contribution is 7.89. The first-order chi connectivity index (χ1) is 17.7. The molecule has 4 rings (SSSR count). The first-order valence-electron chi connectivity index (χ1n) is 11.3. The van der Waals surface area contributed by atoms with Crippen LogP contribution in [0.3, 0.4) is 0 Å². The minimum Gasteiger partial charge on any atom is -0.457 e. The first-order valence-corrected chi connectivity index (χ1v) is 12.7. The van der Waals surface area contributed by atoms with Crippen molar-refractivity contribution in [1.82, 2.24) is 14.7 Å². The molecule has 2 unspecified atom stereocenters. The number of carbonyl (C=O) groups is 3. The molecule has 0 saturated heterocycles. The summed E-state index contributed by atoms with van der Waals surface area (Å²) in [5.74, 6) is -1.29. The molecule has 0 saturated carbocycles. The molecular weight excluding hydrogens is 500 g/mol. The number of ether oxygens (including phenoxy) is 1. The molecule has 2 aromatic rings. The number of sulfonamides is 1. The predicted octanol–water partition coefficient (Wildman–Crippen LogP) is 2.51. The number of nitrogens with zero attached hydrogens (tertiary/aromatic N) is 3. The number of aliphatic imine (C=N–C) groups is 1. The normalized spacial score (nSPS) is 17.9. The van der Waals surface area contributed by atoms with Crippen molar-refractivity contribution < 1.29 is 32.7 Å². The van der Waals surface area contributed by atoms with Crippen LogP contribution in [0, 0.1) is 5.92 Å². The molecule has 11 nitrogen and oxygen atoms in total. The van der Waals surface area contributed by atoms with Crippen molar-refractivity contribution in [3.8, 4) is 11.5 Å². The number of hydroxylamine groups is 1. The van der Waals surface area contributed by atoms with Crippen LogP contribution < -0.4 is 10.2 Å². The number of rotatable bonds is 9. The van der Waals surface area contributed by atoms with E-state index in [0.717, 1.165) is 9.21 Å². The van der Waals surface area contributed by atoms with Crippen LogP contribution >= 0.6 is 0 Å². The van der Waals surface area contributed by atoms with Crippen LogP contribution in [0.1, 0.15) is 6.42 Å². The van der Waals surface area contributed by atoms with Gasteiger partial charge in [-0.2, -0.15) is 9.30 Å². The van der Waals surface area contributed by atoms with Crippen molar-refractivity contribution in [3.05, 3.63) is 78.9 Å². The second-order valence-electron chi connectivity index (χ2n) is 8.22. The van der Waals surface area contributed by atoms with Gasteiger partial charge in [0.1, 0.15) is 17.5 Å². The number of carbonyl (C=O) groups excluding carboxylic acids is 3. The Labute approximate surface area is 213 Å². The van der Waals surface area contributed by atoms with E-state index in [1.165, 1.54) is 36.8 Å². The average molecular weight is 525 g/mol. The summed E-state index contributed by atoms with van der Waals surface area (Å²) in [5.41, 5.74) is 1.78. The van der Waals surface area contributed by atoms with Crippen LogP contribution in [0.5, 0.6) is 11.5 Å². The van der Waals surface area contributed by atoms with Gasteiger partial charge in [-0.3, -0.25) is 19.7 Å². The maximum absolute atomic E-state index is 13.3. The standard InChI is InChI=1S/C25H24N4O7S/c1-28(37(34,35)19-13-11-18(12-14-19)36-17-7-3-2-4-8-17)22(23(30)27-33)15-16-29-24(31)20-9-5-6-10-21(20)26-25(29)32/h2-14,20,22,33H,15-16H2,1H3,(H,27,30). The summed E-state index contributed by atoms with van der Waals surface area (Å²) in [6, 6.07) is 12.3. The quantitative estimate of drug-likeness (QED) is 0.379. The van der Waals surface area contributed by atoms with E-state index in [2.05, 4.69) is 4.99 Å².